The maximum Gasteiger partial charge on any atom is 0.163 e. The molecule has 0 radical (unpaired) electrons. The molecule has 21 heavy (non-hydrogen) atoms. The van der Waals surface area contributed by atoms with Crippen molar-refractivity contribution < 1.29 is 0 Å². The molecule has 3 nitrogen and oxygen atoms in total. The average molecular weight is 316 g/mol. The molecule has 5 heteroatoms. The third-order valence-electron chi connectivity index (χ3n) is 2.95. The molecule has 0 bridgehead atoms. The maximum absolute atomic E-state index is 5.91. The van der Waals surface area contributed by atoms with E-state index in [1.165, 1.54) is 0 Å². The van der Waals surface area contributed by atoms with Crippen LogP contribution in [0.4, 0.5) is 0 Å². The van der Waals surface area contributed by atoms with Crippen LogP contribution in [0.25, 0.3) is 22.8 Å². The number of aromatic nitrogens is 3. The van der Waals surface area contributed by atoms with Gasteiger partial charge in [0.25, 0.3) is 0 Å². The molecule has 3 rings (SSSR count). The normalized spacial score (nSPS) is 10.6. The average Bonchev–Trinajstić information content (AvgIpc) is 2.48. The van der Waals surface area contributed by atoms with Crippen LogP contribution in [0.2, 0.25) is 10.0 Å². The van der Waals surface area contributed by atoms with Gasteiger partial charge in [-0.05, 0) is 55.5 Å². The lowest BCUT2D eigenvalue weighted by Gasteiger charge is -2.06. The van der Waals surface area contributed by atoms with E-state index >= 15 is 0 Å². The zero-order valence-corrected chi connectivity index (χ0v) is 12.7. The second-order valence-electron chi connectivity index (χ2n) is 4.54. The summed E-state index contributed by atoms with van der Waals surface area (Å²) in [6, 6.07) is 14.8. The molecule has 0 aliphatic rings. The highest BCUT2D eigenvalue weighted by Gasteiger charge is 2.08. The van der Waals surface area contributed by atoms with Crippen LogP contribution < -0.4 is 0 Å². The lowest BCUT2D eigenvalue weighted by atomic mass is 10.2. The smallest absolute Gasteiger partial charge is 0.163 e. The van der Waals surface area contributed by atoms with Gasteiger partial charge in [0.05, 0.1) is 0 Å². The van der Waals surface area contributed by atoms with Crippen LogP contribution >= 0.6 is 23.2 Å². The Hall–Kier alpha value is -1.97. The largest absolute Gasteiger partial charge is 0.213 e. The molecule has 0 saturated heterocycles. The summed E-state index contributed by atoms with van der Waals surface area (Å²) in [5.74, 6) is 1.92. The Balaban J connectivity index is 2.07. The molecule has 0 aliphatic heterocycles. The Kier molecular flexibility index (Phi) is 3.86. The quantitative estimate of drug-likeness (QED) is 0.680. The Morgan fingerprint density at radius 1 is 0.619 bits per heavy atom. The van der Waals surface area contributed by atoms with Crippen LogP contribution in [0.1, 0.15) is 5.82 Å². The first kappa shape index (κ1) is 14.0. The number of halogens is 2. The minimum absolute atomic E-state index is 0.629. The lowest BCUT2D eigenvalue weighted by Crippen LogP contribution is -1.99. The molecule has 2 aromatic carbocycles. The minimum atomic E-state index is 0.629. The SMILES string of the molecule is Cc1nc(-c2ccc(Cl)cc2)nc(-c2ccc(Cl)cc2)n1. The monoisotopic (exact) mass is 315 g/mol. The van der Waals surface area contributed by atoms with Crippen molar-refractivity contribution in [1.82, 2.24) is 15.0 Å². The molecular weight excluding hydrogens is 305 g/mol. The molecule has 0 fully saturated rings. The Morgan fingerprint density at radius 2 is 1.00 bits per heavy atom. The van der Waals surface area contributed by atoms with Gasteiger partial charge in [-0.3, -0.25) is 0 Å². The van der Waals surface area contributed by atoms with E-state index in [2.05, 4.69) is 15.0 Å². The zero-order chi connectivity index (χ0) is 14.8. The van der Waals surface area contributed by atoms with Crippen molar-refractivity contribution >= 4 is 23.2 Å². The van der Waals surface area contributed by atoms with Gasteiger partial charge in [0, 0.05) is 21.2 Å². The van der Waals surface area contributed by atoms with Crippen molar-refractivity contribution in [2.24, 2.45) is 0 Å². The molecule has 1 aromatic heterocycles. The van der Waals surface area contributed by atoms with Gasteiger partial charge in [-0.15, -0.1) is 0 Å². The number of hydrogen-bond acceptors (Lipinski definition) is 3. The maximum atomic E-state index is 5.91. The number of rotatable bonds is 2. The van der Waals surface area contributed by atoms with E-state index in [-0.39, 0.29) is 0 Å². The van der Waals surface area contributed by atoms with E-state index < -0.39 is 0 Å². The number of nitrogens with zero attached hydrogens (tertiary/aromatic N) is 3. The molecule has 0 saturated carbocycles. The van der Waals surface area contributed by atoms with Crippen LogP contribution in [-0.4, -0.2) is 15.0 Å². The van der Waals surface area contributed by atoms with E-state index in [4.69, 9.17) is 23.2 Å². The van der Waals surface area contributed by atoms with E-state index in [0.717, 1.165) is 11.1 Å². The van der Waals surface area contributed by atoms with Crippen LogP contribution in [0.5, 0.6) is 0 Å². The highest BCUT2D eigenvalue weighted by atomic mass is 35.5. The molecule has 0 atom stereocenters. The van der Waals surface area contributed by atoms with Crippen LogP contribution in [0.3, 0.4) is 0 Å². The van der Waals surface area contributed by atoms with Gasteiger partial charge in [-0.2, -0.15) is 0 Å². The number of benzene rings is 2. The van der Waals surface area contributed by atoms with Crippen LogP contribution in [-0.2, 0) is 0 Å². The topological polar surface area (TPSA) is 38.7 Å². The van der Waals surface area contributed by atoms with Gasteiger partial charge in [0.1, 0.15) is 5.82 Å². The number of hydrogen-bond donors (Lipinski definition) is 0. The van der Waals surface area contributed by atoms with Crippen molar-refractivity contribution in [3.05, 3.63) is 64.4 Å². The molecule has 104 valence electrons. The summed E-state index contributed by atoms with van der Waals surface area (Å²) in [5.41, 5.74) is 1.81. The van der Waals surface area contributed by atoms with Gasteiger partial charge in [0.15, 0.2) is 11.6 Å². The minimum Gasteiger partial charge on any atom is -0.213 e. The second kappa shape index (κ2) is 5.80. The van der Waals surface area contributed by atoms with Gasteiger partial charge >= 0.3 is 0 Å². The first-order chi connectivity index (χ1) is 10.1. The summed E-state index contributed by atoms with van der Waals surface area (Å²) in [5, 5.41) is 1.37. The molecular formula is C16H11Cl2N3. The van der Waals surface area contributed by atoms with Crippen molar-refractivity contribution in [3.63, 3.8) is 0 Å². The standard InChI is InChI=1S/C16H11Cl2N3/c1-10-19-15(11-2-6-13(17)7-3-11)21-16(20-10)12-4-8-14(18)9-5-12/h2-9H,1H3. The molecule has 0 amide bonds. The molecule has 0 N–H and O–H groups in total. The predicted octanol–water partition coefficient (Wildman–Crippen LogP) is 4.82. The first-order valence-electron chi connectivity index (χ1n) is 6.36. The number of aryl methyl sites for hydroxylation is 1. The summed E-state index contributed by atoms with van der Waals surface area (Å²) >= 11 is 11.8. The zero-order valence-electron chi connectivity index (χ0n) is 11.2. The first-order valence-corrected chi connectivity index (χ1v) is 7.12. The van der Waals surface area contributed by atoms with Crippen molar-refractivity contribution in [3.8, 4) is 22.8 Å². The van der Waals surface area contributed by atoms with E-state index in [9.17, 15) is 0 Å². The Labute approximate surface area is 132 Å². The van der Waals surface area contributed by atoms with E-state index in [1.54, 1.807) is 0 Å². The predicted molar refractivity (Wildman–Crippen MR) is 85.5 cm³/mol. The summed E-state index contributed by atoms with van der Waals surface area (Å²) < 4.78 is 0. The Bertz CT molecular complexity index is 705. The second-order valence-corrected chi connectivity index (χ2v) is 5.42. The van der Waals surface area contributed by atoms with Gasteiger partial charge < -0.3 is 0 Å². The third-order valence-corrected chi connectivity index (χ3v) is 3.46. The van der Waals surface area contributed by atoms with Gasteiger partial charge in [0.2, 0.25) is 0 Å². The van der Waals surface area contributed by atoms with Gasteiger partial charge in [-0.25, -0.2) is 15.0 Å². The highest BCUT2D eigenvalue weighted by molar-refractivity contribution is 6.30. The van der Waals surface area contributed by atoms with Crippen molar-refractivity contribution in [2.45, 2.75) is 6.92 Å². The van der Waals surface area contributed by atoms with E-state index in [0.29, 0.717) is 27.5 Å². The Morgan fingerprint density at radius 3 is 1.38 bits per heavy atom. The fourth-order valence-electron chi connectivity index (χ4n) is 1.94. The molecule has 0 spiro atoms. The fraction of sp³-hybridized carbons (Fsp3) is 0.0625. The summed E-state index contributed by atoms with van der Waals surface area (Å²) in [6.07, 6.45) is 0. The van der Waals surface area contributed by atoms with Crippen LogP contribution in [0.15, 0.2) is 48.5 Å². The highest BCUT2D eigenvalue weighted by Crippen LogP contribution is 2.22. The van der Waals surface area contributed by atoms with Gasteiger partial charge in [-0.1, -0.05) is 23.2 Å². The molecule has 0 aliphatic carbocycles. The molecule has 0 unspecified atom stereocenters. The lowest BCUT2D eigenvalue weighted by molar-refractivity contribution is 0.992. The third kappa shape index (κ3) is 3.20. The summed E-state index contributed by atoms with van der Waals surface area (Å²) in [6.45, 7) is 1.85. The van der Waals surface area contributed by atoms with Crippen molar-refractivity contribution in [1.29, 1.82) is 0 Å². The molecule has 1 heterocycles. The summed E-state index contributed by atoms with van der Waals surface area (Å²) in [7, 11) is 0. The fourth-order valence-corrected chi connectivity index (χ4v) is 2.19. The molecule has 3 aromatic rings. The van der Waals surface area contributed by atoms with Crippen LogP contribution in [0, 0.1) is 6.92 Å². The van der Waals surface area contributed by atoms with Crippen molar-refractivity contribution in [2.75, 3.05) is 0 Å². The summed E-state index contributed by atoms with van der Waals surface area (Å²) in [4.78, 5) is 13.3. The van der Waals surface area contributed by atoms with E-state index in [1.807, 2.05) is 55.5 Å².